The number of unbranched alkanes of at least 4 members (excludes halogenated alkanes) is 1. The summed E-state index contributed by atoms with van der Waals surface area (Å²) in [5.74, 6) is 1.33. The van der Waals surface area contributed by atoms with Crippen molar-refractivity contribution in [2.45, 2.75) is 19.8 Å². The summed E-state index contributed by atoms with van der Waals surface area (Å²) in [6, 6.07) is 14.0. The molecule has 2 rings (SSSR count). The Labute approximate surface area is 120 Å². The Kier molecular flexibility index (Phi) is 4.82. The molecule has 4 nitrogen and oxygen atoms in total. The van der Waals surface area contributed by atoms with Crippen LogP contribution in [-0.2, 0) is 0 Å². The van der Waals surface area contributed by atoms with Gasteiger partial charge in [0.25, 0.3) is 0 Å². The maximum atomic E-state index is 5.83. The molecule has 0 bridgehead atoms. The van der Waals surface area contributed by atoms with E-state index in [0.29, 0.717) is 11.6 Å². The second-order valence-electron chi connectivity index (χ2n) is 4.61. The van der Waals surface area contributed by atoms with E-state index in [4.69, 9.17) is 10.5 Å². The summed E-state index contributed by atoms with van der Waals surface area (Å²) < 4.78 is 5.21. The predicted molar refractivity (Wildman–Crippen MR) is 83.6 cm³/mol. The number of para-hydroxylation sites is 1. The van der Waals surface area contributed by atoms with Crippen LogP contribution in [0.3, 0.4) is 0 Å². The highest BCUT2D eigenvalue weighted by Gasteiger charge is 2.12. The van der Waals surface area contributed by atoms with Gasteiger partial charge in [-0.2, -0.15) is 4.98 Å². The van der Waals surface area contributed by atoms with Crippen molar-refractivity contribution in [3.8, 4) is 5.88 Å². The fourth-order valence-electron chi connectivity index (χ4n) is 2.06. The number of nitrogens with two attached hydrogens (primary N) is 1. The number of rotatable bonds is 6. The second-order valence-corrected chi connectivity index (χ2v) is 4.61. The Morgan fingerprint density at radius 2 is 1.90 bits per heavy atom. The third-order valence-corrected chi connectivity index (χ3v) is 3.15. The zero-order chi connectivity index (χ0) is 14.4. The molecule has 0 aliphatic heterocycles. The van der Waals surface area contributed by atoms with E-state index in [1.165, 1.54) is 0 Å². The van der Waals surface area contributed by atoms with Crippen molar-refractivity contribution in [2.24, 2.45) is 0 Å². The number of anilines is 3. The number of aromatic nitrogens is 1. The lowest BCUT2D eigenvalue weighted by atomic mass is 10.2. The Bertz CT molecular complexity index is 543. The van der Waals surface area contributed by atoms with E-state index in [1.807, 2.05) is 30.3 Å². The SMILES string of the molecule is CCCCN(c1ccccc1)c1ccc(N)c(OC)n1. The Morgan fingerprint density at radius 1 is 1.15 bits per heavy atom. The highest BCUT2D eigenvalue weighted by molar-refractivity contribution is 5.63. The van der Waals surface area contributed by atoms with Gasteiger partial charge in [0.1, 0.15) is 5.82 Å². The minimum absolute atomic E-state index is 0.472. The molecule has 20 heavy (non-hydrogen) atoms. The molecule has 1 aromatic heterocycles. The second kappa shape index (κ2) is 6.80. The predicted octanol–water partition coefficient (Wildman–Crippen LogP) is 3.61. The molecular formula is C16H21N3O. The molecule has 0 amide bonds. The van der Waals surface area contributed by atoms with Crippen LogP contribution in [0.1, 0.15) is 19.8 Å². The first-order valence-electron chi connectivity index (χ1n) is 6.89. The van der Waals surface area contributed by atoms with Crippen LogP contribution in [0, 0.1) is 0 Å². The average Bonchev–Trinajstić information content (AvgIpc) is 2.50. The van der Waals surface area contributed by atoms with Gasteiger partial charge in [-0.15, -0.1) is 0 Å². The summed E-state index contributed by atoms with van der Waals surface area (Å²) in [6.45, 7) is 3.10. The van der Waals surface area contributed by atoms with Gasteiger partial charge >= 0.3 is 0 Å². The van der Waals surface area contributed by atoms with Gasteiger partial charge in [0.05, 0.1) is 12.8 Å². The number of pyridine rings is 1. The summed E-state index contributed by atoms with van der Waals surface area (Å²) >= 11 is 0. The molecule has 1 heterocycles. The Morgan fingerprint density at radius 3 is 2.55 bits per heavy atom. The fourth-order valence-corrected chi connectivity index (χ4v) is 2.06. The van der Waals surface area contributed by atoms with Gasteiger partial charge in [0, 0.05) is 12.2 Å². The topological polar surface area (TPSA) is 51.4 Å². The molecule has 0 unspecified atom stereocenters. The van der Waals surface area contributed by atoms with Crippen molar-refractivity contribution in [3.05, 3.63) is 42.5 Å². The van der Waals surface area contributed by atoms with Gasteiger partial charge in [-0.1, -0.05) is 31.5 Å². The average molecular weight is 271 g/mol. The van der Waals surface area contributed by atoms with Crippen molar-refractivity contribution in [3.63, 3.8) is 0 Å². The first kappa shape index (κ1) is 14.2. The molecule has 0 fully saturated rings. The van der Waals surface area contributed by atoms with Crippen LogP contribution < -0.4 is 15.4 Å². The molecule has 0 spiro atoms. The maximum absolute atomic E-state index is 5.83. The minimum atomic E-state index is 0.472. The van der Waals surface area contributed by atoms with Crippen molar-refractivity contribution < 1.29 is 4.74 Å². The van der Waals surface area contributed by atoms with E-state index in [-0.39, 0.29) is 0 Å². The summed E-state index contributed by atoms with van der Waals surface area (Å²) in [4.78, 5) is 6.69. The number of benzene rings is 1. The molecule has 106 valence electrons. The lowest BCUT2D eigenvalue weighted by Crippen LogP contribution is -2.19. The van der Waals surface area contributed by atoms with Crippen LogP contribution in [0.2, 0.25) is 0 Å². The number of ether oxygens (including phenoxy) is 1. The van der Waals surface area contributed by atoms with Crippen molar-refractivity contribution in [2.75, 3.05) is 24.3 Å². The zero-order valence-corrected chi connectivity index (χ0v) is 12.0. The molecule has 4 heteroatoms. The number of hydrogen-bond acceptors (Lipinski definition) is 4. The summed E-state index contributed by atoms with van der Waals surface area (Å²) in [5.41, 5.74) is 7.51. The van der Waals surface area contributed by atoms with Gasteiger partial charge in [0.15, 0.2) is 0 Å². The highest BCUT2D eigenvalue weighted by Crippen LogP contribution is 2.28. The van der Waals surface area contributed by atoms with Crippen molar-refractivity contribution in [1.29, 1.82) is 0 Å². The molecule has 2 N–H and O–H groups in total. The molecule has 0 atom stereocenters. The van der Waals surface area contributed by atoms with Crippen LogP contribution in [-0.4, -0.2) is 18.6 Å². The van der Waals surface area contributed by atoms with E-state index >= 15 is 0 Å². The van der Waals surface area contributed by atoms with Gasteiger partial charge < -0.3 is 15.4 Å². The number of hydrogen-bond donors (Lipinski definition) is 1. The summed E-state index contributed by atoms with van der Waals surface area (Å²) in [5, 5.41) is 0. The molecule has 2 aromatic rings. The summed E-state index contributed by atoms with van der Waals surface area (Å²) in [6.07, 6.45) is 2.23. The van der Waals surface area contributed by atoms with Crippen LogP contribution >= 0.6 is 0 Å². The van der Waals surface area contributed by atoms with Crippen LogP contribution in [0.25, 0.3) is 0 Å². The largest absolute Gasteiger partial charge is 0.479 e. The molecular weight excluding hydrogens is 250 g/mol. The third-order valence-electron chi connectivity index (χ3n) is 3.15. The van der Waals surface area contributed by atoms with Crippen LogP contribution in [0.15, 0.2) is 42.5 Å². The first-order chi connectivity index (χ1) is 9.76. The Balaban J connectivity index is 2.36. The number of methoxy groups -OCH3 is 1. The van der Waals surface area contributed by atoms with Crippen LogP contribution in [0.5, 0.6) is 5.88 Å². The lowest BCUT2D eigenvalue weighted by Gasteiger charge is -2.24. The maximum Gasteiger partial charge on any atom is 0.238 e. The van der Waals surface area contributed by atoms with Gasteiger partial charge in [-0.25, -0.2) is 0 Å². The summed E-state index contributed by atoms with van der Waals surface area (Å²) in [7, 11) is 1.58. The molecule has 0 saturated carbocycles. The van der Waals surface area contributed by atoms with Gasteiger partial charge in [-0.3, -0.25) is 0 Å². The molecule has 0 aliphatic rings. The monoisotopic (exact) mass is 271 g/mol. The number of nitrogens with zero attached hydrogens (tertiary/aromatic N) is 2. The first-order valence-corrected chi connectivity index (χ1v) is 6.89. The third kappa shape index (κ3) is 3.20. The van der Waals surface area contributed by atoms with Crippen molar-refractivity contribution >= 4 is 17.2 Å². The number of nitrogen functional groups attached to an aromatic ring is 1. The molecule has 1 aromatic carbocycles. The van der Waals surface area contributed by atoms with E-state index < -0.39 is 0 Å². The lowest BCUT2D eigenvalue weighted by molar-refractivity contribution is 0.400. The van der Waals surface area contributed by atoms with Crippen molar-refractivity contribution in [1.82, 2.24) is 4.98 Å². The molecule has 0 saturated heterocycles. The Hall–Kier alpha value is -2.23. The highest BCUT2D eigenvalue weighted by atomic mass is 16.5. The normalized spacial score (nSPS) is 10.3. The van der Waals surface area contributed by atoms with E-state index in [1.54, 1.807) is 7.11 Å². The molecule has 0 radical (unpaired) electrons. The van der Waals surface area contributed by atoms with E-state index in [9.17, 15) is 0 Å². The van der Waals surface area contributed by atoms with Gasteiger partial charge in [0.2, 0.25) is 5.88 Å². The van der Waals surface area contributed by atoms with E-state index in [0.717, 1.165) is 30.9 Å². The smallest absolute Gasteiger partial charge is 0.238 e. The quantitative estimate of drug-likeness (QED) is 0.872. The minimum Gasteiger partial charge on any atom is -0.479 e. The van der Waals surface area contributed by atoms with Gasteiger partial charge in [-0.05, 0) is 30.7 Å². The van der Waals surface area contributed by atoms with Crippen LogP contribution in [0.4, 0.5) is 17.2 Å². The van der Waals surface area contributed by atoms with E-state index in [2.05, 4.69) is 28.9 Å². The molecule has 0 aliphatic carbocycles. The zero-order valence-electron chi connectivity index (χ0n) is 12.0. The standard InChI is InChI=1S/C16H21N3O/c1-3-4-12-19(13-8-6-5-7-9-13)15-11-10-14(17)16(18-15)20-2/h5-11H,3-4,12,17H2,1-2H3. The fraction of sp³-hybridized carbons (Fsp3) is 0.312.